The van der Waals surface area contributed by atoms with Crippen LogP contribution in [0, 0.1) is 34.6 Å². The molecule has 0 bridgehead atoms. The minimum absolute atomic E-state index is 0.949. The first kappa shape index (κ1) is 23.2. The highest BCUT2D eigenvalue weighted by Gasteiger charge is 2.08. The molecule has 0 atom stereocenters. The van der Waals surface area contributed by atoms with E-state index in [1.165, 1.54) is 44.5 Å². The summed E-state index contributed by atoms with van der Waals surface area (Å²) in [6, 6.07) is 9.27. The lowest BCUT2D eigenvalue weighted by molar-refractivity contribution is 1.08. The van der Waals surface area contributed by atoms with Crippen LogP contribution < -0.4 is 0 Å². The van der Waals surface area contributed by atoms with Crippen molar-refractivity contribution in [3.63, 3.8) is 0 Å². The van der Waals surface area contributed by atoms with Crippen LogP contribution in [0.3, 0.4) is 0 Å². The molecule has 0 aliphatic carbocycles. The van der Waals surface area contributed by atoms with Crippen LogP contribution in [0.1, 0.15) is 72.2 Å². The molecule has 0 unspecified atom stereocenters. The standard InChI is InChI=1S/C21H26.2C2H6/c1-7-8-19-11-16(4)21(17(5)12-19)13-20-9-14(2)18(6)15(3)10-20;2*1-2/h7,9-12H,1,8,13H2,2-6H3;2*1-2H3. The predicted molar refractivity (Wildman–Crippen MR) is 116 cm³/mol. The van der Waals surface area contributed by atoms with Gasteiger partial charge >= 0.3 is 0 Å². The van der Waals surface area contributed by atoms with E-state index in [4.69, 9.17) is 0 Å². The van der Waals surface area contributed by atoms with E-state index in [0.29, 0.717) is 0 Å². The normalized spacial score (nSPS) is 9.48. The summed E-state index contributed by atoms with van der Waals surface area (Å²) < 4.78 is 0. The number of allylic oxidation sites excluding steroid dienone is 1. The van der Waals surface area contributed by atoms with E-state index in [1.807, 2.05) is 33.8 Å². The van der Waals surface area contributed by atoms with Crippen LogP contribution in [0.25, 0.3) is 0 Å². The van der Waals surface area contributed by atoms with Crippen molar-refractivity contribution < 1.29 is 0 Å². The molecule has 0 N–H and O–H groups in total. The zero-order valence-corrected chi connectivity index (χ0v) is 18.0. The molecule has 138 valence electrons. The first-order valence-corrected chi connectivity index (χ1v) is 9.69. The van der Waals surface area contributed by atoms with Gasteiger partial charge in [-0.1, -0.05) is 58.0 Å². The highest BCUT2D eigenvalue weighted by molar-refractivity contribution is 5.44. The van der Waals surface area contributed by atoms with Crippen LogP contribution in [0.4, 0.5) is 0 Å². The van der Waals surface area contributed by atoms with Gasteiger partial charge in [-0.25, -0.2) is 0 Å². The first-order valence-electron chi connectivity index (χ1n) is 9.69. The summed E-state index contributed by atoms with van der Waals surface area (Å²) in [5.74, 6) is 0. The Morgan fingerprint density at radius 2 is 1.08 bits per heavy atom. The van der Waals surface area contributed by atoms with Gasteiger partial charge in [0.25, 0.3) is 0 Å². The SMILES string of the molecule is C=CCc1cc(C)c(Cc2cc(C)c(C)c(C)c2)c(C)c1.CC.CC. The first-order chi connectivity index (χ1) is 11.9. The molecule has 0 fully saturated rings. The van der Waals surface area contributed by atoms with Crippen LogP contribution in [-0.2, 0) is 12.8 Å². The van der Waals surface area contributed by atoms with Crippen molar-refractivity contribution in [2.24, 2.45) is 0 Å². The maximum Gasteiger partial charge on any atom is -0.00203 e. The van der Waals surface area contributed by atoms with Crippen molar-refractivity contribution in [2.45, 2.75) is 75.2 Å². The van der Waals surface area contributed by atoms with E-state index >= 15 is 0 Å². The lowest BCUT2D eigenvalue weighted by Gasteiger charge is -2.14. The van der Waals surface area contributed by atoms with Gasteiger partial charge in [-0.3, -0.25) is 0 Å². The number of benzene rings is 2. The molecule has 0 aliphatic rings. The Morgan fingerprint density at radius 3 is 1.48 bits per heavy atom. The summed E-state index contributed by atoms with van der Waals surface area (Å²) in [6.07, 6.45) is 3.94. The Labute approximate surface area is 157 Å². The summed E-state index contributed by atoms with van der Waals surface area (Å²) in [4.78, 5) is 0. The van der Waals surface area contributed by atoms with Crippen LogP contribution in [0.5, 0.6) is 0 Å². The van der Waals surface area contributed by atoms with Crippen molar-refractivity contribution >= 4 is 0 Å². The fraction of sp³-hybridized carbons (Fsp3) is 0.440. The smallest absolute Gasteiger partial charge is 0.00203 e. The minimum atomic E-state index is 0.949. The third-order valence-electron chi connectivity index (χ3n) is 4.50. The van der Waals surface area contributed by atoms with E-state index in [9.17, 15) is 0 Å². The Balaban J connectivity index is 0.00000134. The second kappa shape index (κ2) is 11.7. The summed E-state index contributed by atoms with van der Waals surface area (Å²) in [5, 5.41) is 0. The van der Waals surface area contributed by atoms with Gasteiger partial charge in [0.05, 0.1) is 0 Å². The van der Waals surface area contributed by atoms with Gasteiger partial charge in [0.15, 0.2) is 0 Å². The van der Waals surface area contributed by atoms with Crippen LogP contribution in [0.2, 0.25) is 0 Å². The van der Waals surface area contributed by atoms with Gasteiger partial charge in [-0.2, -0.15) is 0 Å². The van der Waals surface area contributed by atoms with E-state index in [-0.39, 0.29) is 0 Å². The fourth-order valence-electron chi connectivity index (χ4n) is 3.08. The lowest BCUT2D eigenvalue weighted by Crippen LogP contribution is -1.99. The number of hydrogen-bond acceptors (Lipinski definition) is 0. The molecule has 0 heteroatoms. The summed E-state index contributed by atoms with van der Waals surface area (Å²) >= 11 is 0. The van der Waals surface area contributed by atoms with Gasteiger partial charge in [0.2, 0.25) is 0 Å². The van der Waals surface area contributed by atoms with E-state index in [1.54, 1.807) is 0 Å². The molecule has 0 aromatic heterocycles. The molecule has 25 heavy (non-hydrogen) atoms. The molecule has 2 aromatic rings. The second-order valence-corrected chi connectivity index (χ2v) is 6.23. The molecule has 0 radical (unpaired) electrons. The van der Waals surface area contributed by atoms with Gasteiger partial charge < -0.3 is 0 Å². The molecule has 0 spiro atoms. The van der Waals surface area contributed by atoms with E-state index < -0.39 is 0 Å². The van der Waals surface area contributed by atoms with Gasteiger partial charge in [0, 0.05) is 0 Å². The fourth-order valence-corrected chi connectivity index (χ4v) is 3.08. The average Bonchev–Trinajstić information content (AvgIpc) is 2.60. The third-order valence-corrected chi connectivity index (χ3v) is 4.50. The number of rotatable bonds is 4. The third kappa shape index (κ3) is 6.53. The maximum absolute atomic E-state index is 3.83. The van der Waals surface area contributed by atoms with Gasteiger partial charge in [-0.05, 0) is 92.0 Å². The Hall–Kier alpha value is -1.82. The Kier molecular flexibility index (Phi) is 10.8. The zero-order chi connectivity index (χ0) is 19.6. The second-order valence-electron chi connectivity index (χ2n) is 6.23. The van der Waals surface area contributed by atoms with Gasteiger partial charge in [-0.15, -0.1) is 6.58 Å². The molecule has 0 nitrogen and oxygen atoms in total. The number of hydrogen-bond donors (Lipinski definition) is 0. The van der Waals surface area contributed by atoms with Crippen molar-refractivity contribution in [1.29, 1.82) is 0 Å². The molecular formula is C25H38. The molecular weight excluding hydrogens is 300 g/mol. The quantitative estimate of drug-likeness (QED) is 0.503. The van der Waals surface area contributed by atoms with E-state index in [2.05, 4.69) is 65.5 Å². The van der Waals surface area contributed by atoms with Crippen LogP contribution in [-0.4, -0.2) is 0 Å². The zero-order valence-electron chi connectivity index (χ0n) is 18.0. The molecule has 0 saturated carbocycles. The topological polar surface area (TPSA) is 0 Å². The summed E-state index contributed by atoms with van der Waals surface area (Å²) in [6.45, 7) is 22.9. The van der Waals surface area contributed by atoms with Crippen molar-refractivity contribution in [3.8, 4) is 0 Å². The molecule has 0 saturated heterocycles. The van der Waals surface area contributed by atoms with Crippen molar-refractivity contribution in [2.75, 3.05) is 0 Å². The molecule has 2 aromatic carbocycles. The predicted octanol–water partition coefficient (Wildman–Crippen LogP) is 7.60. The maximum atomic E-state index is 3.83. The van der Waals surface area contributed by atoms with Crippen LogP contribution >= 0.6 is 0 Å². The minimum Gasteiger partial charge on any atom is -0.103 e. The average molecular weight is 339 g/mol. The number of aryl methyl sites for hydroxylation is 4. The Morgan fingerprint density at radius 1 is 0.680 bits per heavy atom. The highest BCUT2D eigenvalue weighted by Crippen LogP contribution is 2.23. The Bertz CT molecular complexity index is 628. The van der Waals surface area contributed by atoms with Gasteiger partial charge in [0.1, 0.15) is 0 Å². The molecule has 0 aliphatic heterocycles. The molecule has 2 rings (SSSR count). The monoisotopic (exact) mass is 338 g/mol. The lowest BCUT2D eigenvalue weighted by atomic mass is 9.91. The highest BCUT2D eigenvalue weighted by atomic mass is 14.1. The molecule has 0 heterocycles. The summed E-state index contributed by atoms with van der Waals surface area (Å²) in [5.41, 5.74) is 11.2. The van der Waals surface area contributed by atoms with E-state index in [0.717, 1.165) is 12.8 Å². The van der Waals surface area contributed by atoms with Crippen molar-refractivity contribution in [1.82, 2.24) is 0 Å². The largest absolute Gasteiger partial charge is 0.103 e. The van der Waals surface area contributed by atoms with Crippen molar-refractivity contribution in [3.05, 3.63) is 81.4 Å². The molecule has 0 amide bonds. The summed E-state index contributed by atoms with van der Waals surface area (Å²) in [7, 11) is 0. The van der Waals surface area contributed by atoms with Crippen LogP contribution in [0.15, 0.2) is 36.9 Å².